The fourth-order valence-corrected chi connectivity index (χ4v) is 7.11. The molecule has 2 nitrogen and oxygen atoms in total. The Kier molecular flexibility index (Phi) is 5.03. The third-order valence-electron chi connectivity index (χ3n) is 8.78. The van der Waals surface area contributed by atoms with Crippen LogP contribution in [0, 0.1) is 5.41 Å². The molecular weight excluding hydrogens is 472 g/mol. The number of rotatable bonds is 1. The van der Waals surface area contributed by atoms with Gasteiger partial charge in [-0.25, -0.2) is 0 Å². The van der Waals surface area contributed by atoms with Crippen molar-refractivity contribution in [1.29, 1.82) is 0 Å². The molecule has 2 heteroatoms. The van der Waals surface area contributed by atoms with Gasteiger partial charge in [-0.1, -0.05) is 84.9 Å². The molecule has 0 amide bonds. The lowest BCUT2D eigenvalue weighted by atomic mass is 9.76. The number of hydrogen-bond acceptors (Lipinski definition) is 0. The first-order valence-corrected chi connectivity index (χ1v) is 13.9. The van der Waals surface area contributed by atoms with Crippen LogP contribution in [0.5, 0.6) is 0 Å². The van der Waals surface area contributed by atoms with Crippen LogP contribution in [0.4, 0.5) is 0 Å². The zero-order valence-corrected chi connectivity index (χ0v) is 21.9. The lowest BCUT2D eigenvalue weighted by Gasteiger charge is -2.26. The topological polar surface area (TPSA) is 7.76 Å². The molecule has 0 saturated carbocycles. The van der Waals surface area contributed by atoms with Crippen LogP contribution in [0.2, 0.25) is 0 Å². The molecule has 4 heterocycles. The standard InChI is InChI=1S/C37H30N2/c1-2-10-27(11-3-1)31-18-19-35-32-15-7-5-13-29(32)22-37(26-39(35)24-31)23-30-14-6-9-17-34(30)36-33-16-8-4-12-28(33)20-21-38(36)25-37/h1-21,24H,22-23,25-26H2/q+2. The number of fused-ring (bicyclic) bond motifs is 8. The fraction of sp³-hybridized carbons (Fsp3) is 0.135. The molecule has 1 spiro atoms. The molecule has 4 aromatic carbocycles. The van der Waals surface area contributed by atoms with Gasteiger partial charge in [-0.2, -0.15) is 9.13 Å². The maximum atomic E-state index is 2.55. The van der Waals surface area contributed by atoms with Gasteiger partial charge in [0.15, 0.2) is 25.5 Å². The van der Waals surface area contributed by atoms with Gasteiger partial charge in [0.1, 0.15) is 0 Å². The Hall–Kier alpha value is -4.56. The Bertz CT molecular complexity index is 1870. The van der Waals surface area contributed by atoms with E-state index in [9.17, 15) is 0 Å². The number of hydrogen-bond donors (Lipinski definition) is 0. The van der Waals surface area contributed by atoms with Gasteiger partial charge in [0.2, 0.25) is 11.4 Å². The van der Waals surface area contributed by atoms with Gasteiger partial charge in [0.25, 0.3) is 0 Å². The lowest BCUT2D eigenvalue weighted by molar-refractivity contribution is -0.737. The molecule has 0 saturated heterocycles. The minimum atomic E-state index is 0.0236. The van der Waals surface area contributed by atoms with E-state index < -0.39 is 0 Å². The second-order valence-electron chi connectivity index (χ2n) is 11.3. The average Bonchev–Trinajstić information content (AvgIpc) is 3.21. The van der Waals surface area contributed by atoms with Gasteiger partial charge >= 0.3 is 0 Å². The fourth-order valence-electron chi connectivity index (χ4n) is 7.11. The summed E-state index contributed by atoms with van der Waals surface area (Å²) in [5, 5.41) is 2.63. The number of aromatic nitrogens is 2. The number of benzene rings is 4. The second-order valence-corrected chi connectivity index (χ2v) is 11.3. The van der Waals surface area contributed by atoms with Crippen LogP contribution in [0.15, 0.2) is 134 Å². The highest BCUT2D eigenvalue weighted by Gasteiger charge is 2.46. The first-order valence-electron chi connectivity index (χ1n) is 13.9. The lowest BCUT2D eigenvalue weighted by Crippen LogP contribution is -2.53. The van der Waals surface area contributed by atoms with E-state index in [0.29, 0.717) is 0 Å². The van der Waals surface area contributed by atoms with Crippen molar-refractivity contribution in [2.75, 3.05) is 0 Å². The highest BCUT2D eigenvalue weighted by molar-refractivity contribution is 5.93. The Morgan fingerprint density at radius 3 is 2.03 bits per heavy atom. The van der Waals surface area contributed by atoms with E-state index in [1.54, 1.807) is 0 Å². The Labute approximate surface area is 229 Å². The third kappa shape index (κ3) is 3.71. The van der Waals surface area contributed by atoms with E-state index in [-0.39, 0.29) is 5.41 Å². The predicted molar refractivity (Wildman–Crippen MR) is 157 cm³/mol. The van der Waals surface area contributed by atoms with Crippen LogP contribution in [-0.4, -0.2) is 0 Å². The van der Waals surface area contributed by atoms with E-state index >= 15 is 0 Å². The van der Waals surface area contributed by atoms with Crippen molar-refractivity contribution in [3.8, 4) is 33.6 Å². The van der Waals surface area contributed by atoms with Crippen molar-refractivity contribution in [2.45, 2.75) is 25.9 Å². The first-order chi connectivity index (χ1) is 19.3. The van der Waals surface area contributed by atoms with Gasteiger partial charge in [-0.05, 0) is 59.2 Å². The van der Waals surface area contributed by atoms with Crippen LogP contribution in [0.1, 0.15) is 11.1 Å². The molecule has 2 aromatic heterocycles. The molecule has 186 valence electrons. The van der Waals surface area contributed by atoms with Crippen LogP contribution >= 0.6 is 0 Å². The van der Waals surface area contributed by atoms with E-state index in [4.69, 9.17) is 0 Å². The van der Waals surface area contributed by atoms with Gasteiger partial charge in [0, 0.05) is 23.3 Å². The van der Waals surface area contributed by atoms with E-state index in [1.807, 2.05) is 0 Å². The largest absolute Gasteiger partial charge is 0.220 e. The average molecular weight is 503 g/mol. The van der Waals surface area contributed by atoms with Gasteiger partial charge in [-0.3, -0.25) is 0 Å². The molecular formula is C37H30N2+2. The minimum Gasteiger partial charge on any atom is -0.197 e. The predicted octanol–water partition coefficient (Wildman–Crippen LogP) is 7.21. The quantitative estimate of drug-likeness (QED) is 0.210. The van der Waals surface area contributed by atoms with Crippen LogP contribution in [0.25, 0.3) is 44.4 Å². The molecule has 0 radical (unpaired) electrons. The summed E-state index contributed by atoms with van der Waals surface area (Å²) in [6, 6.07) is 44.7. The molecule has 0 aliphatic carbocycles. The van der Waals surface area contributed by atoms with E-state index in [0.717, 1.165) is 25.9 Å². The molecule has 2 aliphatic rings. The van der Waals surface area contributed by atoms with Crippen molar-refractivity contribution >= 4 is 10.8 Å². The summed E-state index contributed by atoms with van der Waals surface area (Å²) in [4.78, 5) is 0. The summed E-state index contributed by atoms with van der Waals surface area (Å²) >= 11 is 0. The van der Waals surface area contributed by atoms with Crippen LogP contribution in [-0.2, 0) is 25.9 Å². The Morgan fingerprint density at radius 2 is 1.18 bits per heavy atom. The SMILES string of the molecule is c1ccc(-c2ccc3[n+](c2)CC2(Cc4ccccc4-3)Cc3ccccc3-c3c4ccccc4cc[n+]3C2)cc1. The zero-order chi connectivity index (χ0) is 25.8. The molecule has 1 atom stereocenters. The summed E-state index contributed by atoms with van der Waals surface area (Å²) < 4.78 is 5.09. The molecule has 8 rings (SSSR count). The van der Waals surface area contributed by atoms with Crippen molar-refractivity contribution in [1.82, 2.24) is 0 Å². The van der Waals surface area contributed by atoms with Crippen molar-refractivity contribution in [2.24, 2.45) is 5.41 Å². The Balaban J connectivity index is 1.36. The maximum Gasteiger partial charge on any atom is 0.220 e. The number of nitrogens with zero attached hydrogens (tertiary/aromatic N) is 2. The molecule has 0 fully saturated rings. The summed E-state index contributed by atoms with van der Waals surface area (Å²) in [5.74, 6) is 0. The first kappa shape index (κ1) is 22.4. The minimum absolute atomic E-state index is 0.0236. The molecule has 6 aromatic rings. The molecule has 1 unspecified atom stereocenters. The molecule has 0 N–H and O–H groups in total. The molecule has 0 bridgehead atoms. The summed E-state index contributed by atoms with van der Waals surface area (Å²) in [6.07, 6.45) is 6.79. The second kappa shape index (κ2) is 8.74. The van der Waals surface area contributed by atoms with Crippen molar-refractivity contribution in [3.63, 3.8) is 0 Å². The van der Waals surface area contributed by atoms with Gasteiger partial charge in [0.05, 0.1) is 16.4 Å². The highest BCUT2D eigenvalue weighted by Crippen LogP contribution is 2.41. The molecule has 39 heavy (non-hydrogen) atoms. The van der Waals surface area contributed by atoms with E-state index in [2.05, 4.69) is 143 Å². The normalized spacial score (nSPS) is 17.4. The highest BCUT2D eigenvalue weighted by atomic mass is 15.0. The maximum absolute atomic E-state index is 2.55. The van der Waals surface area contributed by atoms with Crippen LogP contribution in [0.3, 0.4) is 0 Å². The summed E-state index contributed by atoms with van der Waals surface area (Å²) in [7, 11) is 0. The van der Waals surface area contributed by atoms with Crippen LogP contribution < -0.4 is 9.13 Å². The van der Waals surface area contributed by atoms with Crippen molar-refractivity contribution in [3.05, 3.63) is 145 Å². The van der Waals surface area contributed by atoms with Gasteiger partial charge in [-0.15, -0.1) is 0 Å². The third-order valence-corrected chi connectivity index (χ3v) is 8.78. The zero-order valence-electron chi connectivity index (χ0n) is 21.9. The van der Waals surface area contributed by atoms with Gasteiger partial charge < -0.3 is 0 Å². The number of pyridine rings is 2. The summed E-state index contributed by atoms with van der Waals surface area (Å²) in [6.45, 7) is 1.93. The smallest absolute Gasteiger partial charge is 0.197 e. The van der Waals surface area contributed by atoms with Crippen molar-refractivity contribution < 1.29 is 9.13 Å². The summed E-state index contributed by atoms with van der Waals surface area (Å²) in [5.41, 5.74) is 10.8. The monoisotopic (exact) mass is 502 g/mol. The van der Waals surface area contributed by atoms with E-state index in [1.165, 1.54) is 55.5 Å². The molecule has 2 aliphatic heterocycles. The Morgan fingerprint density at radius 1 is 0.513 bits per heavy atom.